The van der Waals surface area contributed by atoms with E-state index in [0.717, 1.165) is 0 Å². The second-order valence-electron chi connectivity index (χ2n) is 4.68. The number of rotatable bonds is 5. The Hall–Kier alpha value is -3.21. The molecule has 1 aromatic heterocycles. The maximum atomic E-state index is 10.9. The van der Waals surface area contributed by atoms with Gasteiger partial charge in [0.15, 0.2) is 0 Å². The summed E-state index contributed by atoms with van der Waals surface area (Å²) in [5.74, 6) is 0.558. The quantitative estimate of drug-likeness (QED) is 0.515. The van der Waals surface area contributed by atoms with Gasteiger partial charge in [0.1, 0.15) is 6.07 Å². The summed E-state index contributed by atoms with van der Waals surface area (Å²) in [6, 6.07) is 8.08. The molecule has 8 nitrogen and oxygen atoms in total. The van der Waals surface area contributed by atoms with Crippen LogP contribution in [0.4, 0.5) is 11.6 Å². The van der Waals surface area contributed by atoms with Crippen molar-refractivity contribution in [3.05, 3.63) is 51.5 Å². The first kappa shape index (κ1) is 15.2. The monoisotopic (exact) mass is 299 g/mol. The van der Waals surface area contributed by atoms with Crippen LogP contribution in [-0.2, 0) is 0 Å². The first-order chi connectivity index (χ1) is 10.5. The first-order valence-electron chi connectivity index (χ1n) is 6.46. The van der Waals surface area contributed by atoms with Crippen molar-refractivity contribution in [3.8, 4) is 6.07 Å². The molecule has 0 bridgehead atoms. The van der Waals surface area contributed by atoms with Crippen LogP contribution in [0.25, 0.3) is 0 Å². The molecular formula is C14H13N5O3. The topological polar surface area (TPSA) is 117 Å². The van der Waals surface area contributed by atoms with Gasteiger partial charge in [0.2, 0.25) is 11.6 Å². The van der Waals surface area contributed by atoms with Gasteiger partial charge in [0.05, 0.1) is 16.7 Å². The molecular weight excluding hydrogens is 286 g/mol. The number of hydrazone groups is 1. The van der Waals surface area contributed by atoms with Crippen LogP contribution in [0.1, 0.15) is 36.9 Å². The van der Waals surface area contributed by atoms with E-state index in [-0.39, 0.29) is 23.2 Å². The Morgan fingerprint density at radius 1 is 1.50 bits per heavy atom. The highest BCUT2D eigenvalue weighted by atomic mass is 16.6. The molecule has 0 radical (unpaired) electrons. The minimum atomic E-state index is -0.493. The Bertz CT molecular complexity index is 758. The predicted molar refractivity (Wildman–Crippen MR) is 79.6 cm³/mol. The van der Waals surface area contributed by atoms with Crippen molar-refractivity contribution < 1.29 is 9.34 Å². The number of anilines is 1. The number of nitrogens with zero attached hydrogens (tertiary/aromatic N) is 4. The van der Waals surface area contributed by atoms with Crippen molar-refractivity contribution in [1.29, 1.82) is 5.26 Å². The zero-order valence-electron chi connectivity index (χ0n) is 12.0. The van der Waals surface area contributed by atoms with E-state index in [4.69, 9.17) is 9.68 Å². The third kappa shape index (κ3) is 3.27. The summed E-state index contributed by atoms with van der Waals surface area (Å²) in [5, 5.41) is 23.8. The van der Waals surface area contributed by atoms with Crippen molar-refractivity contribution in [2.75, 3.05) is 5.43 Å². The van der Waals surface area contributed by atoms with Crippen LogP contribution in [0.15, 0.2) is 33.8 Å². The Morgan fingerprint density at radius 3 is 2.86 bits per heavy atom. The fourth-order valence-electron chi connectivity index (χ4n) is 1.66. The zero-order valence-corrected chi connectivity index (χ0v) is 12.0. The van der Waals surface area contributed by atoms with E-state index in [1.807, 2.05) is 19.9 Å². The second kappa shape index (κ2) is 6.49. The molecule has 0 aliphatic rings. The number of nitro groups is 1. The molecule has 8 heteroatoms. The summed E-state index contributed by atoms with van der Waals surface area (Å²) in [6.07, 6.45) is 1.29. The summed E-state index contributed by atoms with van der Waals surface area (Å²) in [7, 11) is 0. The van der Waals surface area contributed by atoms with Crippen LogP contribution in [-0.4, -0.2) is 16.1 Å². The number of oxazole rings is 1. The molecule has 0 saturated carbocycles. The molecule has 1 heterocycles. The van der Waals surface area contributed by atoms with Gasteiger partial charge in [-0.1, -0.05) is 26.0 Å². The largest absolute Gasteiger partial charge is 0.422 e. The maximum Gasteiger partial charge on any atom is 0.278 e. The van der Waals surface area contributed by atoms with E-state index < -0.39 is 4.92 Å². The lowest BCUT2D eigenvalue weighted by molar-refractivity contribution is -0.385. The maximum absolute atomic E-state index is 10.9. The van der Waals surface area contributed by atoms with Crippen LogP contribution in [0.3, 0.4) is 0 Å². The van der Waals surface area contributed by atoms with Gasteiger partial charge in [-0.25, -0.2) is 10.4 Å². The number of nitrogens with one attached hydrogen (secondary N) is 1. The molecule has 1 N–H and O–H groups in total. The van der Waals surface area contributed by atoms with Gasteiger partial charge in [-0.15, -0.1) is 0 Å². The van der Waals surface area contributed by atoms with E-state index in [1.165, 1.54) is 12.3 Å². The summed E-state index contributed by atoms with van der Waals surface area (Å²) in [5.41, 5.74) is 2.91. The van der Waals surface area contributed by atoms with Crippen LogP contribution in [0, 0.1) is 21.4 Å². The summed E-state index contributed by atoms with van der Waals surface area (Å²) in [4.78, 5) is 14.4. The van der Waals surface area contributed by atoms with Crippen LogP contribution < -0.4 is 5.43 Å². The molecule has 0 fully saturated rings. The Balaban J connectivity index is 2.20. The standard InChI is InChI=1S/C14H13N5O3/c1-9(2)13-17-11(7-15)14(22-13)18-16-8-10-5-3-4-6-12(10)19(20)21/h3-6,8-9,18H,1-2H3/b16-8-. The number of aromatic nitrogens is 1. The molecule has 0 amide bonds. The molecule has 22 heavy (non-hydrogen) atoms. The van der Waals surface area contributed by atoms with Crippen LogP contribution >= 0.6 is 0 Å². The van der Waals surface area contributed by atoms with E-state index in [1.54, 1.807) is 18.2 Å². The molecule has 0 unspecified atom stereocenters. The van der Waals surface area contributed by atoms with Gasteiger partial charge in [-0.05, 0) is 6.07 Å². The van der Waals surface area contributed by atoms with Gasteiger partial charge >= 0.3 is 0 Å². The third-order valence-corrected chi connectivity index (χ3v) is 2.75. The van der Waals surface area contributed by atoms with E-state index >= 15 is 0 Å². The van der Waals surface area contributed by atoms with Crippen molar-refractivity contribution >= 4 is 17.8 Å². The van der Waals surface area contributed by atoms with E-state index in [2.05, 4.69) is 15.5 Å². The molecule has 2 aromatic rings. The summed E-state index contributed by atoms with van der Waals surface area (Å²) < 4.78 is 5.39. The molecule has 0 aliphatic carbocycles. The van der Waals surface area contributed by atoms with Gasteiger partial charge in [0.25, 0.3) is 11.6 Å². The van der Waals surface area contributed by atoms with Gasteiger partial charge < -0.3 is 4.42 Å². The van der Waals surface area contributed by atoms with Crippen molar-refractivity contribution in [3.63, 3.8) is 0 Å². The Kier molecular flexibility index (Phi) is 4.48. The Labute approximate surface area is 126 Å². The highest BCUT2D eigenvalue weighted by molar-refractivity contribution is 5.85. The number of hydrogen-bond donors (Lipinski definition) is 1. The molecule has 1 aromatic carbocycles. The normalized spacial score (nSPS) is 10.8. The smallest absolute Gasteiger partial charge is 0.278 e. The average Bonchev–Trinajstić information content (AvgIpc) is 2.91. The fourth-order valence-corrected chi connectivity index (χ4v) is 1.66. The summed E-state index contributed by atoms with van der Waals surface area (Å²) in [6.45, 7) is 3.76. The molecule has 0 saturated heterocycles. The lowest BCUT2D eigenvalue weighted by Crippen LogP contribution is -1.96. The number of nitro benzene ring substituents is 1. The summed E-state index contributed by atoms with van der Waals surface area (Å²) >= 11 is 0. The van der Waals surface area contributed by atoms with E-state index in [9.17, 15) is 10.1 Å². The van der Waals surface area contributed by atoms with Gasteiger partial charge in [-0.2, -0.15) is 10.4 Å². The van der Waals surface area contributed by atoms with Crippen molar-refractivity contribution in [2.45, 2.75) is 19.8 Å². The minimum absolute atomic E-state index is 0.0295. The predicted octanol–water partition coefficient (Wildman–Crippen LogP) is 3.02. The van der Waals surface area contributed by atoms with Crippen molar-refractivity contribution in [1.82, 2.24) is 4.98 Å². The molecule has 0 aliphatic heterocycles. The third-order valence-electron chi connectivity index (χ3n) is 2.75. The van der Waals surface area contributed by atoms with Crippen LogP contribution in [0.2, 0.25) is 0 Å². The second-order valence-corrected chi connectivity index (χ2v) is 4.68. The lowest BCUT2D eigenvalue weighted by atomic mass is 10.2. The number of hydrogen-bond acceptors (Lipinski definition) is 7. The number of benzene rings is 1. The van der Waals surface area contributed by atoms with Crippen LogP contribution in [0.5, 0.6) is 0 Å². The first-order valence-corrected chi connectivity index (χ1v) is 6.46. The molecule has 0 atom stereocenters. The molecule has 2 rings (SSSR count). The average molecular weight is 299 g/mol. The molecule has 112 valence electrons. The van der Waals surface area contributed by atoms with Gasteiger partial charge in [-0.3, -0.25) is 10.1 Å². The Morgan fingerprint density at radius 2 is 2.23 bits per heavy atom. The van der Waals surface area contributed by atoms with Gasteiger partial charge in [0, 0.05) is 12.0 Å². The zero-order chi connectivity index (χ0) is 16.1. The SMILES string of the molecule is CC(C)c1nc(C#N)c(N/N=C\c2ccccc2[N+](=O)[O-])o1. The highest BCUT2D eigenvalue weighted by Gasteiger charge is 2.15. The molecule has 0 spiro atoms. The van der Waals surface area contributed by atoms with Crippen molar-refractivity contribution in [2.24, 2.45) is 5.10 Å². The minimum Gasteiger partial charge on any atom is -0.422 e. The highest BCUT2D eigenvalue weighted by Crippen LogP contribution is 2.22. The lowest BCUT2D eigenvalue weighted by Gasteiger charge is -1.98. The fraction of sp³-hybridized carbons (Fsp3) is 0.214. The number of para-hydroxylation sites is 1. The number of nitriles is 1. The van der Waals surface area contributed by atoms with E-state index in [0.29, 0.717) is 11.5 Å².